The lowest BCUT2D eigenvalue weighted by Gasteiger charge is -2.22. The van der Waals surface area contributed by atoms with Gasteiger partial charge in [-0.05, 0) is 60.9 Å². The molecule has 2 aromatic carbocycles. The maximum Gasteiger partial charge on any atom is 0.241 e. The molecular weight excluding hydrogens is 362 g/mol. The molecule has 0 unspecified atom stereocenters. The molecule has 1 N–H and O–H groups in total. The molecule has 0 radical (unpaired) electrons. The lowest BCUT2D eigenvalue weighted by atomic mass is 9.89. The van der Waals surface area contributed by atoms with Crippen LogP contribution in [0.2, 0.25) is 0 Å². The van der Waals surface area contributed by atoms with E-state index in [2.05, 4.69) is 22.9 Å². The summed E-state index contributed by atoms with van der Waals surface area (Å²) < 4.78 is 39.1. The highest BCUT2D eigenvalue weighted by Gasteiger charge is 2.23. The van der Waals surface area contributed by atoms with Crippen molar-refractivity contribution in [3.8, 4) is 11.5 Å². The van der Waals surface area contributed by atoms with Gasteiger partial charge in [-0.15, -0.1) is 0 Å². The van der Waals surface area contributed by atoms with Crippen LogP contribution in [0.1, 0.15) is 48.9 Å². The zero-order valence-corrected chi connectivity index (χ0v) is 16.9. The highest BCUT2D eigenvalue weighted by atomic mass is 32.2. The number of nitrogens with one attached hydrogen (secondary N) is 1. The number of hydrogen-bond donors (Lipinski definition) is 1. The van der Waals surface area contributed by atoms with Crippen LogP contribution in [-0.2, 0) is 22.9 Å². The molecule has 1 aliphatic rings. The lowest BCUT2D eigenvalue weighted by Crippen LogP contribution is -2.28. The molecule has 2 aromatic rings. The molecule has 27 heavy (non-hydrogen) atoms. The first-order valence-corrected chi connectivity index (χ1v) is 10.8. The number of ether oxygens (including phenoxy) is 2. The van der Waals surface area contributed by atoms with E-state index in [1.807, 2.05) is 6.92 Å². The van der Waals surface area contributed by atoms with Crippen LogP contribution >= 0.6 is 0 Å². The molecule has 1 aliphatic carbocycles. The van der Waals surface area contributed by atoms with Gasteiger partial charge in [-0.25, -0.2) is 13.1 Å². The van der Waals surface area contributed by atoms with Crippen LogP contribution < -0.4 is 14.2 Å². The molecule has 0 saturated heterocycles. The average molecular weight is 390 g/mol. The highest BCUT2D eigenvalue weighted by Crippen LogP contribution is 2.31. The molecule has 0 aliphatic heterocycles. The summed E-state index contributed by atoms with van der Waals surface area (Å²) in [6.45, 7) is 1.99. The molecule has 0 spiro atoms. The monoisotopic (exact) mass is 389 g/mol. The van der Waals surface area contributed by atoms with Crippen molar-refractivity contribution in [2.24, 2.45) is 0 Å². The standard InChI is InChI=1S/C21H27NO4S/c1-4-19(17-10-9-15-7-5-6-8-16(15)13-17)22-27(23,24)18-11-12-20(25-2)21(14-18)26-3/h9-14,19,22H,4-8H2,1-3H3/t19-/m1/s1. The van der Waals surface area contributed by atoms with E-state index in [4.69, 9.17) is 9.47 Å². The summed E-state index contributed by atoms with van der Waals surface area (Å²) in [6.07, 6.45) is 5.29. The minimum absolute atomic E-state index is 0.163. The second-order valence-corrected chi connectivity index (χ2v) is 8.55. The fourth-order valence-corrected chi connectivity index (χ4v) is 4.92. The Hall–Kier alpha value is -2.05. The zero-order valence-electron chi connectivity index (χ0n) is 16.1. The predicted molar refractivity (Wildman–Crippen MR) is 106 cm³/mol. The summed E-state index contributed by atoms with van der Waals surface area (Å²) in [6, 6.07) is 10.7. The van der Waals surface area contributed by atoms with Gasteiger partial charge in [-0.1, -0.05) is 25.1 Å². The van der Waals surface area contributed by atoms with Crippen molar-refractivity contribution in [3.05, 3.63) is 53.1 Å². The van der Waals surface area contributed by atoms with Crippen molar-refractivity contribution in [2.75, 3.05) is 14.2 Å². The molecule has 3 rings (SSSR count). The van der Waals surface area contributed by atoms with E-state index in [-0.39, 0.29) is 10.9 Å². The quantitative estimate of drug-likeness (QED) is 0.777. The molecule has 0 aromatic heterocycles. The Kier molecular flexibility index (Phi) is 6.07. The molecule has 0 saturated carbocycles. The van der Waals surface area contributed by atoms with Crippen molar-refractivity contribution in [3.63, 3.8) is 0 Å². The molecule has 0 amide bonds. The minimum Gasteiger partial charge on any atom is -0.493 e. The molecule has 6 heteroatoms. The maximum atomic E-state index is 12.9. The first-order chi connectivity index (χ1) is 13.0. The Morgan fingerprint density at radius 1 is 0.963 bits per heavy atom. The van der Waals surface area contributed by atoms with Crippen LogP contribution in [0.15, 0.2) is 41.3 Å². The van der Waals surface area contributed by atoms with Crippen molar-refractivity contribution in [1.29, 1.82) is 0 Å². The summed E-state index contributed by atoms with van der Waals surface area (Å²) in [5, 5.41) is 0. The molecule has 1 atom stereocenters. The van der Waals surface area contributed by atoms with Crippen molar-refractivity contribution < 1.29 is 17.9 Å². The number of benzene rings is 2. The second-order valence-electron chi connectivity index (χ2n) is 6.83. The molecular formula is C21H27NO4S. The van der Waals surface area contributed by atoms with Crippen molar-refractivity contribution in [2.45, 2.75) is 50.0 Å². The Morgan fingerprint density at radius 3 is 2.33 bits per heavy atom. The Bertz CT molecular complexity index is 908. The smallest absolute Gasteiger partial charge is 0.241 e. The first kappa shape index (κ1) is 19.7. The third kappa shape index (κ3) is 4.28. The number of hydrogen-bond acceptors (Lipinski definition) is 4. The maximum absolute atomic E-state index is 12.9. The average Bonchev–Trinajstić information content (AvgIpc) is 2.71. The van der Waals surface area contributed by atoms with Gasteiger partial charge < -0.3 is 9.47 Å². The Morgan fingerprint density at radius 2 is 1.67 bits per heavy atom. The summed E-state index contributed by atoms with van der Waals surface area (Å²) in [5.41, 5.74) is 3.76. The third-order valence-corrected chi connectivity index (χ3v) is 6.62. The fourth-order valence-electron chi connectivity index (χ4n) is 3.60. The van der Waals surface area contributed by atoms with E-state index >= 15 is 0 Å². The second kappa shape index (κ2) is 8.31. The summed E-state index contributed by atoms with van der Waals surface area (Å²) in [5.74, 6) is 0.889. The van der Waals surface area contributed by atoms with Crippen molar-refractivity contribution in [1.82, 2.24) is 4.72 Å². The molecule has 0 fully saturated rings. The summed E-state index contributed by atoms with van der Waals surface area (Å²) in [7, 11) is -0.673. The van der Waals surface area contributed by atoms with E-state index in [0.717, 1.165) is 18.4 Å². The summed E-state index contributed by atoms with van der Waals surface area (Å²) in [4.78, 5) is 0.163. The van der Waals surface area contributed by atoms with Crippen LogP contribution in [0.3, 0.4) is 0 Å². The van der Waals surface area contributed by atoms with Gasteiger partial charge in [0.15, 0.2) is 11.5 Å². The Labute approximate surface area is 161 Å². The van der Waals surface area contributed by atoms with E-state index in [1.165, 1.54) is 50.3 Å². The number of methoxy groups -OCH3 is 2. The van der Waals surface area contributed by atoms with Gasteiger partial charge in [0.2, 0.25) is 10.0 Å². The topological polar surface area (TPSA) is 64.6 Å². The van der Waals surface area contributed by atoms with Gasteiger partial charge in [0.25, 0.3) is 0 Å². The normalized spacial score (nSPS) is 15.1. The highest BCUT2D eigenvalue weighted by molar-refractivity contribution is 7.89. The van der Waals surface area contributed by atoms with E-state index < -0.39 is 10.0 Å². The Balaban J connectivity index is 1.87. The minimum atomic E-state index is -3.68. The van der Waals surface area contributed by atoms with Gasteiger partial charge in [0.05, 0.1) is 19.1 Å². The molecule has 146 valence electrons. The van der Waals surface area contributed by atoms with E-state index in [9.17, 15) is 8.42 Å². The first-order valence-electron chi connectivity index (χ1n) is 9.34. The lowest BCUT2D eigenvalue weighted by molar-refractivity contribution is 0.354. The largest absolute Gasteiger partial charge is 0.493 e. The summed E-state index contributed by atoms with van der Waals surface area (Å²) >= 11 is 0. The van der Waals surface area contributed by atoms with Crippen LogP contribution in [0, 0.1) is 0 Å². The number of aryl methyl sites for hydroxylation is 2. The van der Waals surface area contributed by atoms with E-state index in [0.29, 0.717) is 17.9 Å². The molecule has 5 nitrogen and oxygen atoms in total. The number of rotatable bonds is 7. The van der Waals surface area contributed by atoms with Gasteiger partial charge in [-0.3, -0.25) is 0 Å². The van der Waals surface area contributed by atoms with Crippen LogP contribution in [0.4, 0.5) is 0 Å². The van der Waals surface area contributed by atoms with E-state index in [1.54, 1.807) is 6.07 Å². The number of sulfonamides is 1. The fraction of sp³-hybridized carbons (Fsp3) is 0.429. The van der Waals surface area contributed by atoms with Crippen LogP contribution in [0.25, 0.3) is 0 Å². The van der Waals surface area contributed by atoms with Gasteiger partial charge in [0.1, 0.15) is 0 Å². The van der Waals surface area contributed by atoms with Crippen LogP contribution in [-0.4, -0.2) is 22.6 Å². The van der Waals surface area contributed by atoms with Gasteiger partial charge >= 0.3 is 0 Å². The van der Waals surface area contributed by atoms with Crippen LogP contribution in [0.5, 0.6) is 11.5 Å². The zero-order chi connectivity index (χ0) is 19.4. The number of fused-ring (bicyclic) bond motifs is 1. The van der Waals surface area contributed by atoms with Crippen molar-refractivity contribution >= 4 is 10.0 Å². The third-order valence-electron chi connectivity index (χ3n) is 5.15. The van der Waals surface area contributed by atoms with Gasteiger partial charge in [0, 0.05) is 12.1 Å². The predicted octanol–water partition coefficient (Wildman–Crippen LogP) is 4.01. The molecule has 0 bridgehead atoms. The molecule has 0 heterocycles. The van der Waals surface area contributed by atoms with Gasteiger partial charge in [-0.2, -0.15) is 0 Å². The SMILES string of the molecule is CC[C@@H](NS(=O)(=O)c1ccc(OC)c(OC)c1)c1ccc2c(c1)CCCC2.